The van der Waals surface area contributed by atoms with Gasteiger partial charge in [0, 0.05) is 13.1 Å². The Bertz CT molecular complexity index is 933. The Labute approximate surface area is 243 Å². The zero-order valence-corrected chi connectivity index (χ0v) is 23.5. The fourth-order valence-corrected chi connectivity index (χ4v) is 2.62. The van der Waals surface area contributed by atoms with E-state index in [1.165, 1.54) is 24.6 Å². The summed E-state index contributed by atoms with van der Waals surface area (Å²) in [5.74, 6) is 0.983. The number of nitrogens with one attached hydrogen (secondary N) is 4. The van der Waals surface area contributed by atoms with E-state index in [2.05, 4.69) is 31.7 Å². The van der Waals surface area contributed by atoms with Crippen LogP contribution in [0.4, 0.5) is 0 Å². The Morgan fingerprint density at radius 2 is 1.14 bits per heavy atom. The monoisotopic (exact) mass is 630 g/mol. The molecule has 0 fully saturated rings. The van der Waals surface area contributed by atoms with Crippen LogP contribution in [0.15, 0.2) is 46.6 Å². The molecule has 36 heavy (non-hydrogen) atoms. The smallest absolute Gasteiger partial charge is 0.872 e. The number of benzene rings is 2. The molecule has 4 N–H and O–H groups in total. The topological polar surface area (TPSA) is 137 Å². The average Bonchev–Trinajstić information content (AvgIpc) is 2.82. The molecular formula is C22H28Cu2N6O4S2. The van der Waals surface area contributed by atoms with Crippen LogP contribution in [0.5, 0.6) is 23.0 Å². The third-order valence-corrected chi connectivity index (χ3v) is 4.32. The fraction of sp³-hybridized carbons (Fsp3) is 0.273. The van der Waals surface area contributed by atoms with Crippen molar-refractivity contribution in [3.8, 4) is 23.0 Å². The van der Waals surface area contributed by atoms with Crippen LogP contribution in [0.25, 0.3) is 0 Å². The van der Waals surface area contributed by atoms with Crippen molar-refractivity contribution < 1.29 is 53.8 Å². The summed E-state index contributed by atoms with van der Waals surface area (Å²) in [5, 5.41) is 37.2. The first-order valence-electron chi connectivity index (χ1n) is 10.2. The Kier molecular flexibility index (Phi) is 20.3. The van der Waals surface area contributed by atoms with Crippen LogP contribution >= 0.6 is 24.4 Å². The maximum absolute atomic E-state index is 11.5. The molecule has 0 atom stereocenters. The first kappa shape index (κ1) is 35.6. The van der Waals surface area contributed by atoms with Crippen LogP contribution in [0, 0.1) is 0 Å². The maximum Gasteiger partial charge on any atom is 1.00 e. The van der Waals surface area contributed by atoms with Gasteiger partial charge in [0.25, 0.3) is 0 Å². The van der Waals surface area contributed by atoms with E-state index in [1.807, 2.05) is 13.8 Å². The number of ether oxygens (including phenoxy) is 2. The predicted octanol–water partition coefficient (Wildman–Crippen LogP) is 1.17. The van der Waals surface area contributed by atoms with E-state index in [-0.39, 0.29) is 45.6 Å². The van der Waals surface area contributed by atoms with Crippen molar-refractivity contribution in [1.82, 2.24) is 21.5 Å². The van der Waals surface area contributed by atoms with Crippen molar-refractivity contribution >= 4 is 47.1 Å². The number of rotatable bonds is 8. The molecule has 204 valence electrons. The van der Waals surface area contributed by atoms with E-state index in [9.17, 15) is 10.2 Å². The second kappa shape index (κ2) is 20.6. The Morgan fingerprint density at radius 1 is 0.778 bits per heavy atom. The molecule has 0 spiro atoms. The summed E-state index contributed by atoms with van der Waals surface area (Å²) in [7, 11) is 3.08. The van der Waals surface area contributed by atoms with Gasteiger partial charge in [-0.25, -0.2) is 0 Å². The molecule has 0 unspecified atom stereocenters. The fourth-order valence-electron chi connectivity index (χ4n) is 2.23. The molecule has 0 saturated carbocycles. The van der Waals surface area contributed by atoms with Crippen molar-refractivity contribution in [3.63, 3.8) is 0 Å². The Hall–Kier alpha value is -2.60. The van der Waals surface area contributed by atoms with Crippen molar-refractivity contribution in [2.45, 2.75) is 13.8 Å². The standard InChI is InChI=1S/2C11H15N3O2S.2Cu/c2*1-3-12-11(17)14-13-7-8-6-9(16-2)4-5-10(8)15;;/h2*4-7,15H,3H2,1-2H3,(H2,12,14,17);;/q;;2*+1/p-2/b13-7+;;;. The van der Waals surface area contributed by atoms with Gasteiger partial charge >= 0.3 is 34.1 Å². The molecule has 2 aromatic carbocycles. The SMILES string of the molecule is CCNC(=S)N/N=C/c1cc(OC)ccc1[O-].CCNC(=S)NN=Cc1cc(OC)ccc1[O-].[Cu+].[Cu+]. The molecule has 14 heteroatoms. The molecule has 0 heterocycles. The Balaban J connectivity index is 0. The molecule has 0 aromatic heterocycles. The molecule has 10 nitrogen and oxygen atoms in total. The first-order valence-corrected chi connectivity index (χ1v) is 11.0. The van der Waals surface area contributed by atoms with Crippen molar-refractivity contribution in [3.05, 3.63) is 47.5 Å². The summed E-state index contributed by atoms with van der Waals surface area (Å²) < 4.78 is 10.0. The van der Waals surface area contributed by atoms with Crippen LogP contribution < -0.4 is 41.2 Å². The van der Waals surface area contributed by atoms with Crippen LogP contribution in [-0.4, -0.2) is 50.0 Å². The van der Waals surface area contributed by atoms with Crippen LogP contribution in [0.1, 0.15) is 25.0 Å². The van der Waals surface area contributed by atoms with Gasteiger partial charge in [-0.05, 0) is 73.7 Å². The molecule has 2 rings (SSSR count). The van der Waals surface area contributed by atoms with Gasteiger partial charge in [-0.1, -0.05) is 23.6 Å². The minimum atomic E-state index is -0.120. The van der Waals surface area contributed by atoms with Crippen molar-refractivity contribution in [2.75, 3.05) is 27.3 Å². The number of hydrogen-bond donors (Lipinski definition) is 4. The second-order valence-corrected chi connectivity index (χ2v) is 7.08. The zero-order valence-electron chi connectivity index (χ0n) is 20.0. The van der Waals surface area contributed by atoms with Crippen LogP contribution in [0.2, 0.25) is 0 Å². The largest absolute Gasteiger partial charge is 1.00 e. The average molecular weight is 632 g/mol. The third-order valence-electron chi connectivity index (χ3n) is 3.85. The molecule has 0 aliphatic rings. The molecule has 0 radical (unpaired) electrons. The van der Waals surface area contributed by atoms with Gasteiger partial charge in [0.15, 0.2) is 10.2 Å². The molecular weight excluding hydrogens is 604 g/mol. The minimum absolute atomic E-state index is 0. The Morgan fingerprint density at radius 3 is 1.44 bits per heavy atom. The number of thiocarbonyl (C=S) groups is 2. The quantitative estimate of drug-likeness (QED) is 0.146. The van der Waals surface area contributed by atoms with E-state index in [4.69, 9.17) is 33.9 Å². The third kappa shape index (κ3) is 14.1. The summed E-state index contributed by atoms with van der Waals surface area (Å²) >= 11 is 9.82. The van der Waals surface area contributed by atoms with E-state index >= 15 is 0 Å². The summed E-state index contributed by atoms with van der Waals surface area (Å²) in [5.41, 5.74) is 6.10. The second-order valence-electron chi connectivity index (χ2n) is 6.27. The van der Waals surface area contributed by atoms with Crippen molar-refractivity contribution in [2.24, 2.45) is 10.2 Å². The summed E-state index contributed by atoms with van der Waals surface area (Å²) in [4.78, 5) is 0. The zero-order chi connectivity index (χ0) is 25.3. The molecule has 0 saturated heterocycles. The number of methoxy groups -OCH3 is 2. The van der Waals surface area contributed by atoms with Crippen LogP contribution in [-0.2, 0) is 34.1 Å². The van der Waals surface area contributed by atoms with Crippen LogP contribution in [0.3, 0.4) is 0 Å². The van der Waals surface area contributed by atoms with E-state index in [1.54, 1.807) is 38.5 Å². The number of hydrogen-bond acceptors (Lipinski definition) is 8. The van der Waals surface area contributed by atoms with E-state index < -0.39 is 0 Å². The summed E-state index contributed by atoms with van der Waals surface area (Å²) in [6.45, 7) is 5.28. The van der Waals surface area contributed by atoms with E-state index in [0.717, 1.165) is 0 Å². The number of hydrazone groups is 2. The first-order chi connectivity index (χ1) is 16.3. The maximum atomic E-state index is 11.5. The van der Waals surface area contributed by atoms with Gasteiger partial charge in [-0.15, -0.1) is 0 Å². The molecule has 0 aliphatic carbocycles. The predicted molar refractivity (Wildman–Crippen MR) is 139 cm³/mol. The van der Waals surface area contributed by atoms with E-state index in [0.29, 0.717) is 45.9 Å². The molecule has 0 bridgehead atoms. The summed E-state index contributed by atoms with van der Waals surface area (Å²) in [6, 6.07) is 9.31. The van der Waals surface area contributed by atoms with Gasteiger partial charge in [0.2, 0.25) is 0 Å². The molecule has 2 aromatic rings. The number of nitrogens with zero attached hydrogens (tertiary/aromatic N) is 2. The van der Waals surface area contributed by atoms with Gasteiger partial charge in [-0.3, -0.25) is 10.9 Å². The molecule has 0 amide bonds. The van der Waals surface area contributed by atoms with Gasteiger partial charge < -0.3 is 30.3 Å². The normalized spacial score (nSPS) is 9.67. The van der Waals surface area contributed by atoms with Gasteiger partial charge in [-0.2, -0.15) is 10.2 Å². The van der Waals surface area contributed by atoms with Crippen molar-refractivity contribution in [1.29, 1.82) is 0 Å². The molecule has 0 aliphatic heterocycles. The summed E-state index contributed by atoms with van der Waals surface area (Å²) in [6.07, 6.45) is 2.82. The van der Waals surface area contributed by atoms with Gasteiger partial charge in [0.05, 0.1) is 26.6 Å². The van der Waals surface area contributed by atoms with Gasteiger partial charge in [0.1, 0.15) is 11.5 Å². The minimum Gasteiger partial charge on any atom is -0.872 e.